The number of nitrogens with two attached hydrogens (primary N) is 1. The molecule has 0 atom stereocenters. The molecule has 8 heteroatoms. The molecule has 0 aliphatic carbocycles. The third kappa shape index (κ3) is 3.83. The van der Waals surface area contributed by atoms with E-state index < -0.39 is 10.0 Å². The number of benzene rings is 1. The highest BCUT2D eigenvalue weighted by Gasteiger charge is 2.26. The Kier molecular flexibility index (Phi) is 6.22. The predicted octanol–water partition coefficient (Wildman–Crippen LogP) is 0.860. The molecule has 114 valence electrons. The number of aryl methyl sites for hydroxylation is 1. The van der Waals surface area contributed by atoms with Crippen LogP contribution in [0.15, 0.2) is 17.0 Å². The second-order valence-electron chi connectivity index (χ2n) is 4.26. The lowest BCUT2D eigenvalue weighted by Gasteiger charge is -2.22. The fraction of sp³-hybridized carbons (Fsp3) is 0.500. The minimum Gasteiger partial charge on any atom is -0.397 e. The van der Waals surface area contributed by atoms with Gasteiger partial charge in [-0.2, -0.15) is 4.31 Å². The van der Waals surface area contributed by atoms with Gasteiger partial charge in [0.25, 0.3) is 0 Å². The van der Waals surface area contributed by atoms with Crippen molar-refractivity contribution < 1.29 is 18.3 Å². The van der Waals surface area contributed by atoms with Gasteiger partial charge in [0.05, 0.1) is 28.8 Å². The molecule has 3 N–H and O–H groups in total. The Morgan fingerprint density at radius 3 is 2.60 bits per heavy atom. The molecule has 0 fully saturated rings. The maximum atomic E-state index is 12.6. The van der Waals surface area contributed by atoms with Gasteiger partial charge in [0.1, 0.15) is 0 Å². The highest BCUT2D eigenvalue weighted by molar-refractivity contribution is 7.89. The van der Waals surface area contributed by atoms with Crippen molar-refractivity contribution in [3.63, 3.8) is 0 Å². The van der Waals surface area contributed by atoms with E-state index in [0.29, 0.717) is 10.6 Å². The van der Waals surface area contributed by atoms with Gasteiger partial charge in [-0.05, 0) is 24.6 Å². The fourth-order valence-electron chi connectivity index (χ4n) is 1.74. The quantitative estimate of drug-likeness (QED) is 0.726. The first kappa shape index (κ1) is 17.2. The summed E-state index contributed by atoms with van der Waals surface area (Å²) in [5.41, 5.74) is 6.38. The van der Waals surface area contributed by atoms with E-state index in [1.54, 1.807) is 6.92 Å². The SMILES string of the molecule is COCCN(CCO)S(=O)(=O)c1cc(N)c(Cl)cc1C. The minimum absolute atomic E-state index is 0.00629. The Balaban J connectivity index is 3.22. The lowest BCUT2D eigenvalue weighted by molar-refractivity contribution is 0.168. The third-order valence-corrected chi connectivity index (χ3v) is 5.17. The summed E-state index contributed by atoms with van der Waals surface area (Å²) in [4.78, 5) is 0.0870. The summed E-state index contributed by atoms with van der Waals surface area (Å²) in [7, 11) is -2.27. The van der Waals surface area contributed by atoms with Crippen molar-refractivity contribution >= 4 is 27.3 Å². The molecule has 20 heavy (non-hydrogen) atoms. The Hall–Kier alpha value is -0.860. The number of rotatable bonds is 7. The van der Waals surface area contributed by atoms with Crippen molar-refractivity contribution in [1.82, 2.24) is 4.31 Å². The lowest BCUT2D eigenvalue weighted by Crippen LogP contribution is -2.36. The molecule has 0 bridgehead atoms. The summed E-state index contributed by atoms with van der Waals surface area (Å²) < 4.78 is 31.2. The lowest BCUT2D eigenvalue weighted by atomic mass is 10.2. The van der Waals surface area contributed by atoms with Gasteiger partial charge in [0, 0.05) is 20.2 Å². The van der Waals surface area contributed by atoms with Crippen LogP contribution in [-0.2, 0) is 14.8 Å². The molecular weight excluding hydrogens is 304 g/mol. The van der Waals surface area contributed by atoms with Gasteiger partial charge >= 0.3 is 0 Å². The predicted molar refractivity (Wildman–Crippen MR) is 78.3 cm³/mol. The van der Waals surface area contributed by atoms with E-state index in [1.165, 1.54) is 19.2 Å². The van der Waals surface area contributed by atoms with Crippen LogP contribution in [0.25, 0.3) is 0 Å². The maximum Gasteiger partial charge on any atom is 0.243 e. The number of aliphatic hydroxyl groups excluding tert-OH is 1. The zero-order valence-electron chi connectivity index (χ0n) is 11.5. The normalized spacial score (nSPS) is 12.1. The minimum atomic E-state index is -3.75. The van der Waals surface area contributed by atoms with E-state index in [2.05, 4.69) is 0 Å². The van der Waals surface area contributed by atoms with E-state index in [0.717, 1.165) is 4.31 Å². The first-order chi connectivity index (χ1) is 9.34. The number of methoxy groups -OCH3 is 1. The Labute approximate surface area is 124 Å². The summed E-state index contributed by atoms with van der Waals surface area (Å²) in [6.45, 7) is 1.76. The molecule has 1 aromatic carbocycles. The van der Waals surface area contributed by atoms with Crippen molar-refractivity contribution in [2.24, 2.45) is 0 Å². The average molecular weight is 323 g/mol. The zero-order valence-corrected chi connectivity index (χ0v) is 13.0. The van der Waals surface area contributed by atoms with Crippen molar-refractivity contribution in [1.29, 1.82) is 0 Å². The van der Waals surface area contributed by atoms with Crippen molar-refractivity contribution in [2.45, 2.75) is 11.8 Å². The van der Waals surface area contributed by atoms with Crippen molar-refractivity contribution in [2.75, 3.05) is 39.1 Å². The number of anilines is 1. The first-order valence-corrected chi connectivity index (χ1v) is 7.82. The van der Waals surface area contributed by atoms with Gasteiger partial charge in [0.2, 0.25) is 10.0 Å². The van der Waals surface area contributed by atoms with Crippen LogP contribution in [0.1, 0.15) is 5.56 Å². The molecule has 6 nitrogen and oxygen atoms in total. The molecule has 0 aliphatic rings. The van der Waals surface area contributed by atoms with Crippen LogP contribution in [0, 0.1) is 6.92 Å². The Bertz CT molecular complexity index is 563. The summed E-state index contributed by atoms with van der Waals surface area (Å²) in [6, 6.07) is 2.85. The largest absolute Gasteiger partial charge is 0.397 e. The number of nitrogens with zero attached hydrogens (tertiary/aromatic N) is 1. The first-order valence-electron chi connectivity index (χ1n) is 6.00. The molecule has 0 radical (unpaired) electrons. The van der Waals surface area contributed by atoms with E-state index >= 15 is 0 Å². The molecule has 1 rings (SSSR count). The molecule has 0 saturated carbocycles. The second-order valence-corrected chi connectivity index (χ2v) is 6.57. The van der Waals surface area contributed by atoms with Crippen molar-refractivity contribution in [3.05, 3.63) is 22.7 Å². The van der Waals surface area contributed by atoms with Gasteiger partial charge < -0.3 is 15.6 Å². The Morgan fingerprint density at radius 2 is 2.05 bits per heavy atom. The molecule has 1 aromatic rings. The molecule has 0 aromatic heterocycles. The molecule has 0 amide bonds. The van der Waals surface area contributed by atoms with Crippen LogP contribution in [0.4, 0.5) is 5.69 Å². The molecule has 0 spiro atoms. The van der Waals surface area contributed by atoms with Crippen LogP contribution >= 0.6 is 11.6 Å². The van der Waals surface area contributed by atoms with Gasteiger partial charge in [-0.3, -0.25) is 0 Å². The van der Waals surface area contributed by atoms with Crippen LogP contribution < -0.4 is 5.73 Å². The Morgan fingerprint density at radius 1 is 1.40 bits per heavy atom. The summed E-state index contributed by atoms with van der Waals surface area (Å²) in [5.74, 6) is 0. The number of nitrogen functional groups attached to an aromatic ring is 1. The number of sulfonamides is 1. The summed E-state index contributed by atoms with van der Waals surface area (Å²) >= 11 is 5.87. The highest BCUT2D eigenvalue weighted by Crippen LogP contribution is 2.28. The molecule has 0 saturated heterocycles. The smallest absolute Gasteiger partial charge is 0.243 e. The number of aliphatic hydroxyl groups is 1. The molecule has 0 aliphatic heterocycles. The number of hydrogen-bond acceptors (Lipinski definition) is 5. The monoisotopic (exact) mass is 322 g/mol. The zero-order chi connectivity index (χ0) is 15.3. The van der Waals surface area contributed by atoms with E-state index in [9.17, 15) is 8.42 Å². The van der Waals surface area contributed by atoms with Gasteiger partial charge in [-0.15, -0.1) is 0 Å². The second kappa shape index (κ2) is 7.24. The molecule has 0 heterocycles. The summed E-state index contributed by atoms with van der Waals surface area (Å²) in [5, 5.41) is 9.33. The van der Waals surface area contributed by atoms with Crippen LogP contribution in [0.2, 0.25) is 5.02 Å². The van der Waals surface area contributed by atoms with Crippen LogP contribution in [-0.4, -0.2) is 51.2 Å². The topological polar surface area (TPSA) is 92.9 Å². The summed E-state index contributed by atoms with van der Waals surface area (Å²) in [6.07, 6.45) is 0. The number of ether oxygens (including phenoxy) is 1. The fourth-order valence-corrected chi connectivity index (χ4v) is 3.62. The highest BCUT2D eigenvalue weighted by atomic mass is 35.5. The third-order valence-electron chi connectivity index (χ3n) is 2.81. The number of hydrogen-bond donors (Lipinski definition) is 2. The standard InChI is InChI=1S/C12H19ClN2O4S/c1-9-7-10(13)11(14)8-12(9)20(17,18)15(3-5-16)4-6-19-2/h7-8,16H,3-6,14H2,1-2H3. The van der Waals surface area contributed by atoms with Gasteiger partial charge in [-0.25, -0.2) is 8.42 Å². The number of halogens is 1. The maximum absolute atomic E-state index is 12.6. The molecule has 0 unspecified atom stereocenters. The van der Waals surface area contributed by atoms with Gasteiger partial charge in [-0.1, -0.05) is 11.6 Å². The molecular formula is C12H19ClN2O4S. The van der Waals surface area contributed by atoms with Crippen LogP contribution in [0.5, 0.6) is 0 Å². The van der Waals surface area contributed by atoms with E-state index in [1.807, 2.05) is 0 Å². The van der Waals surface area contributed by atoms with E-state index in [-0.39, 0.29) is 36.9 Å². The van der Waals surface area contributed by atoms with Crippen LogP contribution in [0.3, 0.4) is 0 Å². The van der Waals surface area contributed by atoms with Gasteiger partial charge in [0.15, 0.2) is 0 Å². The average Bonchev–Trinajstić information content (AvgIpc) is 2.38. The van der Waals surface area contributed by atoms with E-state index in [4.69, 9.17) is 27.2 Å². The van der Waals surface area contributed by atoms with Crippen molar-refractivity contribution in [3.8, 4) is 0 Å².